The maximum Gasteiger partial charge on any atom is 0.269 e. The summed E-state index contributed by atoms with van der Waals surface area (Å²) in [4.78, 5) is 17.5. The molecule has 106 valence electrons. The van der Waals surface area contributed by atoms with Gasteiger partial charge in [-0.25, -0.2) is 4.98 Å². The van der Waals surface area contributed by atoms with Crippen LogP contribution in [0, 0.1) is 10.1 Å². The van der Waals surface area contributed by atoms with Crippen LogP contribution in [-0.2, 0) is 6.54 Å². The van der Waals surface area contributed by atoms with Gasteiger partial charge in [0.1, 0.15) is 0 Å². The normalized spacial score (nSPS) is 12.2. The molecule has 0 amide bonds. The van der Waals surface area contributed by atoms with Crippen molar-refractivity contribution in [3.8, 4) is 0 Å². The summed E-state index contributed by atoms with van der Waals surface area (Å²) in [5.74, 6) is 0. The quantitative estimate of drug-likeness (QED) is 0.600. The Kier molecular flexibility index (Phi) is 4.84. The molecule has 1 atom stereocenters. The molecule has 0 aliphatic heterocycles. The predicted molar refractivity (Wildman–Crippen MR) is 76.2 cm³/mol. The summed E-state index contributed by atoms with van der Waals surface area (Å²) in [7, 11) is 0. The van der Waals surface area contributed by atoms with E-state index in [4.69, 9.17) is 0 Å². The van der Waals surface area contributed by atoms with Crippen LogP contribution in [-0.4, -0.2) is 14.9 Å². The molecule has 0 fully saturated rings. The molecule has 2 N–H and O–H groups in total. The molecule has 0 bridgehead atoms. The lowest BCUT2D eigenvalue weighted by Gasteiger charge is -2.18. The van der Waals surface area contributed by atoms with Crippen molar-refractivity contribution in [3.05, 3.63) is 58.2 Å². The van der Waals surface area contributed by atoms with Crippen molar-refractivity contribution in [2.75, 3.05) is 0 Å². The third kappa shape index (κ3) is 3.64. The Morgan fingerprint density at radius 2 is 2.35 bits per heavy atom. The number of non-ortho nitro benzene ring substituents is 1. The first-order valence-corrected chi connectivity index (χ1v) is 6.65. The molecule has 2 rings (SSSR count). The lowest BCUT2D eigenvalue weighted by Crippen LogP contribution is -2.21. The highest BCUT2D eigenvalue weighted by Crippen LogP contribution is 2.23. The molecule has 0 saturated heterocycles. The average molecular weight is 274 g/mol. The number of hydrogen-bond acceptors (Lipinski definition) is 4. The SMILES string of the molecule is CCCC(NCc1cnc[nH]1)c1cccc([N+](=O)[O-])c1. The Labute approximate surface area is 117 Å². The van der Waals surface area contributed by atoms with Gasteiger partial charge in [0.2, 0.25) is 0 Å². The van der Waals surface area contributed by atoms with Gasteiger partial charge >= 0.3 is 0 Å². The molecule has 2 aromatic rings. The molecule has 20 heavy (non-hydrogen) atoms. The number of nitrogens with one attached hydrogen (secondary N) is 2. The zero-order chi connectivity index (χ0) is 14.4. The van der Waals surface area contributed by atoms with Crippen LogP contribution >= 0.6 is 0 Å². The Bertz CT molecular complexity index is 554. The van der Waals surface area contributed by atoms with Gasteiger partial charge in [-0.3, -0.25) is 10.1 Å². The van der Waals surface area contributed by atoms with E-state index >= 15 is 0 Å². The fraction of sp³-hybridized carbons (Fsp3) is 0.357. The van der Waals surface area contributed by atoms with Crippen molar-refractivity contribution in [1.82, 2.24) is 15.3 Å². The highest BCUT2D eigenvalue weighted by Gasteiger charge is 2.14. The first kappa shape index (κ1) is 14.2. The number of rotatable bonds is 7. The van der Waals surface area contributed by atoms with Crippen LogP contribution in [0.15, 0.2) is 36.8 Å². The molecule has 6 nitrogen and oxygen atoms in total. The molecule has 6 heteroatoms. The maximum atomic E-state index is 10.9. The van der Waals surface area contributed by atoms with Crippen molar-refractivity contribution >= 4 is 5.69 Å². The molecule has 1 aromatic heterocycles. The van der Waals surface area contributed by atoms with Gasteiger partial charge in [-0.2, -0.15) is 0 Å². The average Bonchev–Trinajstić information content (AvgIpc) is 2.97. The van der Waals surface area contributed by atoms with Gasteiger partial charge in [0.25, 0.3) is 5.69 Å². The summed E-state index contributed by atoms with van der Waals surface area (Å²) >= 11 is 0. The Balaban J connectivity index is 2.10. The van der Waals surface area contributed by atoms with Crippen LogP contribution < -0.4 is 5.32 Å². The third-order valence-electron chi connectivity index (χ3n) is 3.15. The maximum absolute atomic E-state index is 10.9. The van der Waals surface area contributed by atoms with Gasteiger partial charge in [-0.1, -0.05) is 25.5 Å². The summed E-state index contributed by atoms with van der Waals surface area (Å²) in [6.45, 7) is 2.76. The van der Waals surface area contributed by atoms with Gasteiger partial charge in [0, 0.05) is 36.6 Å². The summed E-state index contributed by atoms with van der Waals surface area (Å²) in [6.07, 6.45) is 5.33. The summed E-state index contributed by atoms with van der Waals surface area (Å²) in [5, 5.41) is 14.3. The van der Waals surface area contributed by atoms with E-state index in [1.165, 1.54) is 6.07 Å². The van der Waals surface area contributed by atoms with Gasteiger partial charge in [0.05, 0.1) is 11.3 Å². The van der Waals surface area contributed by atoms with Crippen LogP contribution in [0.5, 0.6) is 0 Å². The molecule has 0 saturated carbocycles. The van der Waals surface area contributed by atoms with Crippen molar-refractivity contribution in [2.24, 2.45) is 0 Å². The standard InChI is InChI=1S/C14H18N4O2/c1-2-4-14(16-9-12-8-15-10-17-12)11-5-3-6-13(7-11)18(19)20/h3,5-8,10,14,16H,2,4,9H2,1H3,(H,15,17). The van der Waals surface area contributed by atoms with Gasteiger partial charge in [-0.15, -0.1) is 0 Å². The van der Waals surface area contributed by atoms with Gasteiger partial charge < -0.3 is 10.3 Å². The predicted octanol–water partition coefficient (Wildman–Crippen LogP) is 2.95. The van der Waals surface area contributed by atoms with Crippen LogP contribution in [0.3, 0.4) is 0 Å². The fourth-order valence-corrected chi connectivity index (χ4v) is 2.14. The smallest absolute Gasteiger partial charge is 0.269 e. The summed E-state index contributed by atoms with van der Waals surface area (Å²) in [6, 6.07) is 6.91. The van der Waals surface area contributed by atoms with Crippen LogP contribution in [0.25, 0.3) is 0 Å². The number of H-pyrrole nitrogens is 1. The van der Waals surface area contributed by atoms with Crippen molar-refractivity contribution in [1.29, 1.82) is 0 Å². The Morgan fingerprint density at radius 1 is 1.50 bits per heavy atom. The number of aromatic nitrogens is 2. The lowest BCUT2D eigenvalue weighted by atomic mass is 10.0. The third-order valence-corrected chi connectivity index (χ3v) is 3.15. The number of nitro groups is 1. The summed E-state index contributed by atoms with van der Waals surface area (Å²) in [5.41, 5.74) is 2.07. The molecular formula is C14H18N4O2. The molecular weight excluding hydrogens is 256 g/mol. The number of nitrogens with zero attached hydrogens (tertiary/aromatic N) is 2. The molecule has 0 radical (unpaired) electrons. The topological polar surface area (TPSA) is 83.8 Å². The second-order valence-electron chi connectivity index (χ2n) is 4.65. The van der Waals surface area contributed by atoms with Crippen molar-refractivity contribution < 1.29 is 4.92 Å². The highest BCUT2D eigenvalue weighted by atomic mass is 16.6. The Morgan fingerprint density at radius 3 is 3.00 bits per heavy atom. The van der Waals surface area contributed by atoms with E-state index in [0.29, 0.717) is 6.54 Å². The molecule has 1 unspecified atom stereocenters. The molecule has 0 aliphatic carbocycles. The zero-order valence-corrected chi connectivity index (χ0v) is 11.4. The van der Waals surface area contributed by atoms with E-state index < -0.39 is 0 Å². The molecule has 1 heterocycles. The number of imidazole rings is 1. The minimum absolute atomic E-state index is 0.100. The second-order valence-corrected chi connectivity index (χ2v) is 4.65. The van der Waals surface area contributed by atoms with E-state index in [1.54, 1.807) is 24.7 Å². The molecule has 1 aromatic carbocycles. The first-order valence-electron chi connectivity index (χ1n) is 6.65. The van der Waals surface area contributed by atoms with Gasteiger partial charge in [-0.05, 0) is 12.0 Å². The Hall–Kier alpha value is -2.21. The minimum Gasteiger partial charge on any atom is -0.347 e. The van der Waals surface area contributed by atoms with E-state index in [-0.39, 0.29) is 16.7 Å². The van der Waals surface area contributed by atoms with Crippen molar-refractivity contribution in [3.63, 3.8) is 0 Å². The van der Waals surface area contributed by atoms with Gasteiger partial charge in [0.15, 0.2) is 0 Å². The monoisotopic (exact) mass is 274 g/mol. The molecule has 0 aliphatic rings. The van der Waals surface area contributed by atoms with E-state index in [2.05, 4.69) is 22.2 Å². The second kappa shape index (κ2) is 6.81. The van der Waals surface area contributed by atoms with E-state index in [1.807, 2.05) is 6.07 Å². The van der Waals surface area contributed by atoms with E-state index in [9.17, 15) is 10.1 Å². The van der Waals surface area contributed by atoms with Crippen LogP contribution in [0.2, 0.25) is 0 Å². The van der Waals surface area contributed by atoms with Crippen LogP contribution in [0.1, 0.15) is 37.1 Å². The number of benzene rings is 1. The lowest BCUT2D eigenvalue weighted by molar-refractivity contribution is -0.384. The largest absolute Gasteiger partial charge is 0.347 e. The van der Waals surface area contributed by atoms with Crippen molar-refractivity contribution in [2.45, 2.75) is 32.4 Å². The summed E-state index contributed by atoms with van der Waals surface area (Å²) < 4.78 is 0. The highest BCUT2D eigenvalue weighted by molar-refractivity contribution is 5.35. The van der Waals surface area contributed by atoms with E-state index in [0.717, 1.165) is 24.1 Å². The number of hydrogen-bond donors (Lipinski definition) is 2. The van der Waals surface area contributed by atoms with Crippen LogP contribution in [0.4, 0.5) is 5.69 Å². The molecule has 0 spiro atoms. The first-order chi connectivity index (χ1) is 9.70. The number of aromatic amines is 1. The fourth-order valence-electron chi connectivity index (χ4n) is 2.14. The zero-order valence-electron chi connectivity index (χ0n) is 11.4. The number of nitro benzene ring substituents is 1. The minimum atomic E-state index is -0.360.